The standard InChI is InChI=1S/C21H24N2O2/c1-2-11-25-17-7-5-14(6-8-17)18-9-10-20(24)19-12-16(18)13-22-21(23-19)15-3-4-15/h5,7,9-10,12,15H,2-4,6,8,11,13H2,1H3,(H,22,23). The summed E-state index contributed by atoms with van der Waals surface area (Å²) < 4.78 is 5.74. The molecule has 4 nitrogen and oxygen atoms in total. The minimum absolute atomic E-state index is 0.0293. The highest BCUT2D eigenvalue weighted by molar-refractivity contribution is 5.99. The van der Waals surface area contributed by atoms with E-state index in [0.717, 1.165) is 48.6 Å². The Labute approximate surface area is 148 Å². The van der Waals surface area contributed by atoms with Crippen molar-refractivity contribution in [2.45, 2.75) is 45.6 Å². The van der Waals surface area contributed by atoms with E-state index in [1.807, 2.05) is 12.1 Å². The lowest BCUT2D eigenvalue weighted by Gasteiger charge is -2.16. The maximum Gasteiger partial charge on any atom is 0.202 e. The van der Waals surface area contributed by atoms with Gasteiger partial charge in [0.15, 0.2) is 0 Å². The third kappa shape index (κ3) is 3.53. The first-order valence-electron chi connectivity index (χ1n) is 9.26. The van der Waals surface area contributed by atoms with E-state index in [0.29, 0.717) is 18.2 Å². The van der Waals surface area contributed by atoms with Crippen molar-refractivity contribution in [2.24, 2.45) is 10.9 Å². The molecule has 2 aliphatic carbocycles. The molecule has 4 heteroatoms. The summed E-state index contributed by atoms with van der Waals surface area (Å²) in [6, 6.07) is 5.63. The van der Waals surface area contributed by atoms with Gasteiger partial charge in [-0.1, -0.05) is 19.1 Å². The van der Waals surface area contributed by atoms with Crippen molar-refractivity contribution >= 4 is 17.1 Å². The number of hydrogen-bond donors (Lipinski definition) is 1. The van der Waals surface area contributed by atoms with Crippen LogP contribution in [-0.4, -0.2) is 12.4 Å². The van der Waals surface area contributed by atoms with Gasteiger partial charge in [-0.05, 0) is 60.6 Å². The Kier molecular flexibility index (Phi) is 4.43. The summed E-state index contributed by atoms with van der Waals surface area (Å²) in [6.07, 6.45) is 9.42. The highest BCUT2D eigenvalue weighted by Crippen LogP contribution is 2.34. The van der Waals surface area contributed by atoms with Crippen molar-refractivity contribution in [1.29, 1.82) is 0 Å². The van der Waals surface area contributed by atoms with E-state index in [-0.39, 0.29) is 5.43 Å². The molecule has 0 radical (unpaired) electrons. The maximum absolute atomic E-state index is 12.4. The molecule has 0 aromatic heterocycles. The molecular weight excluding hydrogens is 312 g/mol. The molecule has 130 valence electrons. The van der Waals surface area contributed by atoms with Gasteiger partial charge in [-0.15, -0.1) is 0 Å². The van der Waals surface area contributed by atoms with Crippen LogP contribution < -0.4 is 10.7 Å². The highest BCUT2D eigenvalue weighted by Gasteiger charge is 2.29. The largest absolute Gasteiger partial charge is 0.498 e. The predicted octanol–water partition coefficient (Wildman–Crippen LogP) is 4.27. The van der Waals surface area contributed by atoms with Gasteiger partial charge in [-0.3, -0.25) is 9.79 Å². The first-order chi connectivity index (χ1) is 12.2. The van der Waals surface area contributed by atoms with Crippen LogP contribution in [0.5, 0.6) is 0 Å². The zero-order valence-electron chi connectivity index (χ0n) is 14.7. The van der Waals surface area contributed by atoms with Gasteiger partial charge in [0.2, 0.25) is 5.43 Å². The fraction of sp³-hybridized carbons (Fsp3) is 0.429. The van der Waals surface area contributed by atoms with E-state index in [1.165, 1.54) is 18.4 Å². The number of amidine groups is 1. The van der Waals surface area contributed by atoms with Gasteiger partial charge in [0.1, 0.15) is 5.84 Å². The molecule has 1 fully saturated rings. The van der Waals surface area contributed by atoms with Crippen LogP contribution in [0.1, 0.15) is 50.2 Å². The monoisotopic (exact) mass is 336 g/mol. The first-order valence-corrected chi connectivity index (χ1v) is 9.26. The highest BCUT2D eigenvalue weighted by atomic mass is 16.5. The third-order valence-corrected chi connectivity index (χ3v) is 4.93. The first kappa shape index (κ1) is 16.1. The summed E-state index contributed by atoms with van der Waals surface area (Å²) >= 11 is 0. The van der Waals surface area contributed by atoms with Crippen molar-refractivity contribution in [1.82, 2.24) is 0 Å². The van der Waals surface area contributed by atoms with Crippen LogP contribution in [0, 0.1) is 5.92 Å². The molecule has 2 bridgehead atoms. The van der Waals surface area contributed by atoms with Gasteiger partial charge >= 0.3 is 0 Å². The molecule has 1 aliphatic heterocycles. The Hall–Kier alpha value is -2.36. The summed E-state index contributed by atoms with van der Waals surface area (Å²) in [4.78, 5) is 17.2. The van der Waals surface area contributed by atoms with Crippen LogP contribution in [0.2, 0.25) is 0 Å². The second-order valence-electron chi connectivity index (χ2n) is 6.97. The van der Waals surface area contributed by atoms with Gasteiger partial charge in [0.25, 0.3) is 0 Å². The van der Waals surface area contributed by atoms with Gasteiger partial charge in [0.05, 0.1) is 24.6 Å². The molecular formula is C21H24N2O2. The van der Waals surface area contributed by atoms with Gasteiger partial charge in [-0.25, -0.2) is 0 Å². The molecule has 0 saturated heterocycles. The Balaban J connectivity index is 1.67. The van der Waals surface area contributed by atoms with E-state index < -0.39 is 0 Å². The predicted molar refractivity (Wildman–Crippen MR) is 102 cm³/mol. The molecule has 0 amide bonds. The molecule has 1 aromatic rings. The number of allylic oxidation sites excluding steroid dienone is 4. The Morgan fingerprint density at radius 2 is 2.12 bits per heavy atom. The second kappa shape index (κ2) is 6.87. The molecule has 1 N–H and O–H groups in total. The summed E-state index contributed by atoms with van der Waals surface area (Å²) in [7, 11) is 0. The maximum atomic E-state index is 12.4. The van der Waals surface area contributed by atoms with E-state index in [9.17, 15) is 4.79 Å². The number of ether oxygens (including phenoxy) is 1. The van der Waals surface area contributed by atoms with E-state index >= 15 is 0 Å². The number of rotatable bonds is 5. The molecule has 3 aliphatic rings. The van der Waals surface area contributed by atoms with Crippen LogP contribution >= 0.6 is 0 Å². The van der Waals surface area contributed by atoms with Crippen molar-refractivity contribution < 1.29 is 4.74 Å². The van der Waals surface area contributed by atoms with Crippen molar-refractivity contribution in [3.63, 3.8) is 0 Å². The van der Waals surface area contributed by atoms with Crippen molar-refractivity contribution in [3.8, 4) is 0 Å². The quantitative estimate of drug-likeness (QED) is 0.873. The average Bonchev–Trinajstić information content (AvgIpc) is 3.47. The van der Waals surface area contributed by atoms with Crippen LogP contribution in [-0.2, 0) is 11.3 Å². The number of anilines is 1. The van der Waals surface area contributed by atoms with Crippen molar-refractivity contribution in [3.05, 3.63) is 57.5 Å². The molecule has 0 spiro atoms. The molecule has 25 heavy (non-hydrogen) atoms. The molecule has 4 rings (SSSR count). The number of hydrogen-bond acceptors (Lipinski definition) is 4. The zero-order chi connectivity index (χ0) is 17.2. The summed E-state index contributed by atoms with van der Waals surface area (Å²) in [6.45, 7) is 3.52. The number of nitrogens with one attached hydrogen (secondary N) is 1. The van der Waals surface area contributed by atoms with Crippen LogP contribution in [0.15, 0.2) is 45.9 Å². The summed E-state index contributed by atoms with van der Waals surface area (Å²) in [5.41, 5.74) is 4.20. The second-order valence-corrected chi connectivity index (χ2v) is 6.97. The van der Waals surface area contributed by atoms with E-state index in [1.54, 1.807) is 6.07 Å². The fourth-order valence-electron chi connectivity index (χ4n) is 3.35. The summed E-state index contributed by atoms with van der Waals surface area (Å²) in [5, 5.41) is 3.28. The van der Waals surface area contributed by atoms with Crippen LogP contribution in [0.25, 0.3) is 5.57 Å². The average molecular weight is 336 g/mol. The molecule has 1 aromatic carbocycles. The Morgan fingerprint density at radius 1 is 1.24 bits per heavy atom. The summed E-state index contributed by atoms with van der Waals surface area (Å²) in [5.74, 6) is 2.55. The van der Waals surface area contributed by atoms with Crippen LogP contribution in [0.3, 0.4) is 0 Å². The Morgan fingerprint density at radius 3 is 2.84 bits per heavy atom. The number of fused-ring (bicyclic) bond motifs is 2. The van der Waals surface area contributed by atoms with Gasteiger partial charge in [-0.2, -0.15) is 0 Å². The number of nitrogens with zero attached hydrogens (tertiary/aromatic N) is 1. The third-order valence-electron chi connectivity index (χ3n) is 4.93. The zero-order valence-corrected chi connectivity index (χ0v) is 14.7. The van der Waals surface area contributed by atoms with Gasteiger partial charge < -0.3 is 10.1 Å². The van der Waals surface area contributed by atoms with E-state index in [2.05, 4.69) is 24.4 Å². The molecule has 0 atom stereocenters. The van der Waals surface area contributed by atoms with Crippen molar-refractivity contribution in [2.75, 3.05) is 11.9 Å². The Bertz CT molecular complexity index is 832. The smallest absolute Gasteiger partial charge is 0.202 e. The van der Waals surface area contributed by atoms with Crippen LogP contribution in [0.4, 0.5) is 5.69 Å². The minimum atomic E-state index is 0.0293. The van der Waals surface area contributed by atoms with E-state index in [4.69, 9.17) is 9.73 Å². The minimum Gasteiger partial charge on any atom is -0.498 e. The topological polar surface area (TPSA) is 50.7 Å². The molecule has 1 heterocycles. The lowest BCUT2D eigenvalue weighted by Crippen LogP contribution is -2.18. The lowest BCUT2D eigenvalue weighted by atomic mass is 9.94. The molecule has 1 saturated carbocycles. The lowest BCUT2D eigenvalue weighted by molar-refractivity contribution is 0.202. The molecule has 0 unspecified atom stereocenters. The fourth-order valence-corrected chi connectivity index (χ4v) is 3.35. The van der Waals surface area contributed by atoms with Gasteiger partial charge in [0, 0.05) is 12.3 Å². The number of aliphatic imine (C=N–C) groups is 1. The normalized spacial score (nSPS) is 19.2. The SMILES string of the molecule is CCCOC1=CC=C(c2ccc(=O)c3cc2CN=C(C2CC2)N3)CC1.